The van der Waals surface area contributed by atoms with Gasteiger partial charge in [-0.15, -0.1) is 0 Å². The van der Waals surface area contributed by atoms with Crippen molar-refractivity contribution in [3.05, 3.63) is 60.2 Å². The molecule has 0 fully saturated rings. The second kappa shape index (κ2) is 6.36. The first-order chi connectivity index (χ1) is 8.31. The molecule has 17 heavy (non-hydrogen) atoms. The summed E-state index contributed by atoms with van der Waals surface area (Å²) in [5, 5.41) is 1.02. The molecule has 88 valence electrons. The van der Waals surface area contributed by atoms with Gasteiger partial charge in [-0.25, -0.2) is 0 Å². The van der Waals surface area contributed by atoms with E-state index in [1.807, 2.05) is 6.07 Å². The average Bonchev–Trinajstić information content (AvgIpc) is 2.40. The molecule has 2 heteroatoms. The normalized spacial score (nSPS) is 12.4. The second-order valence-electron chi connectivity index (χ2n) is 3.93. The van der Waals surface area contributed by atoms with Crippen molar-refractivity contribution in [1.29, 1.82) is 0 Å². The first-order valence-corrected chi connectivity index (χ1v) is 7.70. The summed E-state index contributed by atoms with van der Waals surface area (Å²) in [5.41, 5.74) is 3.88. The lowest BCUT2D eigenvalue weighted by atomic mass is 10.0. The number of hydrogen-bond acceptors (Lipinski definition) is 0. The largest absolute Gasteiger partial charge is 0.0928 e. The van der Waals surface area contributed by atoms with Crippen LogP contribution in [0.1, 0.15) is 16.8 Å². The van der Waals surface area contributed by atoms with Crippen molar-refractivity contribution < 1.29 is 0 Å². The average molecular weight is 354 g/mol. The molecule has 0 aliphatic heterocycles. The molecule has 2 aromatic carbocycles. The highest BCUT2D eigenvalue weighted by molar-refractivity contribution is 9.09. The van der Waals surface area contributed by atoms with Crippen molar-refractivity contribution in [1.82, 2.24) is 0 Å². The van der Waals surface area contributed by atoms with E-state index in [4.69, 9.17) is 0 Å². The molecular formula is C15H14Br2. The van der Waals surface area contributed by atoms with Crippen molar-refractivity contribution in [3.8, 4) is 11.1 Å². The van der Waals surface area contributed by atoms with Crippen LogP contribution in [0.25, 0.3) is 11.1 Å². The van der Waals surface area contributed by atoms with E-state index in [0.717, 1.165) is 11.8 Å². The van der Waals surface area contributed by atoms with Crippen LogP contribution >= 0.6 is 31.9 Å². The van der Waals surface area contributed by atoms with Crippen LogP contribution in [0, 0.1) is 0 Å². The number of halogens is 2. The van der Waals surface area contributed by atoms with Crippen molar-refractivity contribution >= 4 is 31.9 Å². The Hall–Kier alpha value is -0.600. The zero-order chi connectivity index (χ0) is 12.1. The van der Waals surface area contributed by atoms with E-state index in [-0.39, 0.29) is 0 Å². The van der Waals surface area contributed by atoms with Crippen molar-refractivity contribution in [2.24, 2.45) is 0 Å². The Kier molecular flexibility index (Phi) is 4.81. The third kappa shape index (κ3) is 3.43. The molecule has 2 aromatic rings. The van der Waals surface area contributed by atoms with Gasteiger partial charge in [0.25, 0.3) is 0 Å². The molecule has 1 atom stereocenters. The number of rotatable bonds is 4. The van der Waals surface area contributed by atoms with Crippen LogP contribution in [0.15, 0.2) is 54.6 Å². The molecule has 0 nitrogen and oxygen atoms in total. The van der Waals surface area contributed by atoms with Crippen LogP contribution in [0.4, 0.5) is 0 Å². The van der Waals surface area contributed by atoms with Gasteiger partial charge in [0.1, 0.15) is 0 Å². The molecule has 0 saturated carbocycles. The van der Waals surface area contributed by atoms with Crippen LogP contribution in [0.5, 0.6) is 0 Å². The minimum absolute atomic E-state index is 0.437. The van der Waals surface area contributed by atoms with Crippen LogP contribution in [-0.4, -0.2) is 5.33 Å². The fourth-order valence-electron chi connectivity index (χ4n) is 1.78. The quantitative estimate of drug-likeness (QED) is 0.630. The lowest BCUT2D eigenvalue weighted by molar-refractivity contribution is 0.929. The summed E-state index contributed by atoms with van der Waals surface area (Å²) in [6.45, 7) is 0. The molecular weight excluding hydrogens is 340 g/mol. The predicted molar refractivity (Wildman–Crippen MR) is 82.0 cm³/mol. The molecule has 0 N–H and O–H groups in total. The smallest absolute Gasteiger partial charge is 0.0403 e. The highest BCUT2D eigenvalue weighted by atomic mass is 79.9. The first-order valence-electron chi connectivity index (χ1n) is 5.66. The Bertz CT molecular complexity index is 448. The van der Waals surface area contributed by atoms with Gasteiger partial charge < -0.3 is 0 Å². The van der Waals surface area contributed by atoms with E-state index in [9.17, 15) is 0 Å². The highest BCUT2D eigenvalue weighted by Gasteiger charge is 2.06. The van der Waals surface area contributed by atoms with Crippen LogP contribution in [-0.2, 0) is 0 Å². The molecule has 0 saturated heterocycles. The standard InChI is InChI=1S/C15H14Br2/c16-11-10-15(17)14-8-6-13(7-9-14)12-4-2-1-3-5-12/h1-9,15H,10-11H2. The molecule has 1 unspecified atom stereocenters. The van der Waals surface area contributed by atoms with Gasteiger partial charge in [0.05, 0.1) is 0 Å². The highest BCUT2D eigenvalue weighted by Crippen LogP contribution is 2.29. The maximum Gasteiger partial charge on any atom is 0.0403 e. The van der Waals surface area contributed by atoms with Gasteiger partial charge >= 0.3 is 0 Å². The van der Waals surface area contributed by atoms with Gasteiger partial charge in [-0.05, 0) is 23.1 Å². The molecule has 0 aliphatic rings. The van der Waals surface area contributed by atoms with Gasteiger partial charge in [-0.1, -0.05) is 86.5 Å². The Balaban J connectivity index is 2.19. The van der Waals surface area contributed by atoms with Crippen LogP contribution < -0.4 is 0 Å². The zero-order valence-electron chi connectivity index (χ0n) is 9.44. The predicted octanol–water partition coefficient (Wildman–Crippen LogP) is 5.57. The van der Waals surface area contributed by atoms with E-state index in [2.05, 4.69) is 80.4 Å². The van der Waals surface area contributed by atoms with Crippen molar-refractivity contribution in [2.75, 3.05) is 5.33 Å². The fourth-order valence-corrected chi connectivity index (χ4v) is 3.38. The third-order valence-electron chi connectivity index (χ3n) is 2.74. The first kappa shape index (κ1) is 12.8. The van der Waals surface area contributed by atoms with Gasteiger partial charge in [0.2, 0.25) is 0 Å². The Labute approximate surface area is 119 Å². The Morgan fingerprint density at radius 2 is 1.41 bits per heavy atom. The molecule has 0 amide bonds. The molecule has 0 aromatic heterocycles. The summed E-state index contributed by atoms with van der Waals surface area (Å²) in [7, 11) is 0. The summed E-state index contributed by atoms with van der Waals surface area (Å²) in [6, 6.07) is 19.2. The van der Waals surface area contributed by atoms with E-state index >= 15 is 0 Å². The minimum atomic E-state index is 0.437. The molecule has 2 rings (SSSR count). The minimum Gasteiger partial charge on any atom is -0.0928 e. The second-order valence-corrected chi connectivity index (χ2v) is 5.83. The van der Waals surface area contributed by atoms with Crippen molar-refractivity contribution in [3.63, 3.8) is 0 Å². The maximum absolute atomic E-state index is 3.70. The number of benzene rings is 2. The summed E-state index contributed by atoms with van der Waals surface area (Å²) < 4.78 is 0. The molecule has 0 radical (unpaired) electrons. The van der Waals surface area contributed by atoms with Gasteiger partial charge in [-0.2, -0.15) is 0 Å². The lowest BCUT2D eigenvalue weighted by Gasteiger charge is -2.09. The van der Waals surface area contributed by atoms with Gasteiger partial charge in [0, 0.05) is 10.2 Å². The summed E-state index contributed by atoms with van der Waals surface area (Å²) in [6.07, 6.45) is 1.10. The van der Waals surface area contributed by atoms with E-state index in [1.54, 1.807) is 0 Å². The van der Waals surface area contributed by atoms with Crippen LogP contribution in [0.3, 0.4) is 0 Å². The fraction of sp³-hybridized carbons (Fsp3) is 0.200. The molecule has 0 spiro atoms. The summed E-state index contributed by atoms with van der Waals surface area (Å²) in [4.78, 5) is 0.437. The zero-order valence-corrected chi connectivity index (χ0v) is 12.6. The summed E-state index contributed by atoms with van der Waals surface area (Å²) >= 11 is 7.17. The Morgan fingerprint density at radius 1 is 0.824 bits per heavy atom. The molecule has 0 aliphatic carbocycles. The summed E-state index contributed by atoms with van der Waals surface area (Å²) in [5.74, 6) is 0. The Morgan fingerprint density at radius 3 is 2.00 bits per heavy atom. The molecule has 0 heterocycles. The monoisotopic (exact) mass is 352 g/mol. The molecule has 0 bridgehead atoms. The maximum atomic E-state index is 3.70. The topological polar surface area (TPSA) is 0 Å². The number of hydrogen-bond donors (Lipinski definition) is 0. The van der Waals surface area contributed by atoms with E-state index < -0.39 is 0 Å². The lowest BCUT2D eigenvalue weighted by Crippen LogP contribution is -1.90. The number of alkyl halides is 2. The van der Waals surface area contributed by atoms with Gasteiger partial charge in [0.15, 0.2) is 0 Å². The SMILES string of the molecule is BrCCC(Br)c1ccc(-c2ccccc2)cc1. The third-order valence-corrected chi connectivity index (χ3v) is 4.19. The van der Waals surface area contributed by atoms with Crippen molar-refractivity contribution in [2.45, 2.75) is 11.2 Å². The van der Waals surface area contributed by atoms with E-state index in [1.165, 1.54) is 16.7 Å². The van der Waals surface area contributed by atoms with Crippen LogP contribution in [0.2, 0.25) is 0 Å². The van der Waals surface area contributed by atoms with Gasteiger partial charge in [-0.3, -0.25) is 0 Å². The van der Waals surface area contributed by atoms with E-state index in [0.29, 0.717) is 4.83 Å².